The Hall–Kier alpha value is -0.910. The second-order valence-electron chi connectivity index (χ2n) is 5.22. The molecule has 18 heavy (non-hydrogen) atoms. The van der Waals surface area contributed by atoms with E-state index < -0.39 is 10.1 Å². The maximum atomic E-state index is 10.9. The Morgan fingerprint density at radius 1 is 1.22 bits per heavy atom. The first-order valence-electron chi connectivity index (χ1n) is 5.80. The number of aryl methyl sites for hydroxylation is 1. The maximum absolute atomic E-state index is 10.9. The second-order valence-corrected chi connectivity index (χ2v) is 6.64. The van der Waals surface area contributed by atoms with Gasteiger partial charge in [0.25, 0.3) is 10.1 Å². The summed E-state index contributed by atoms with van der Waals surface area (Å²) < 4.78 is 35.8. The van der Waals surface area contributed by atoms with Crippen LogP contribution in [0, 0.1) is 5.41 Å². The molecule has 0 atom stereocenters. The molecule has 102 valence electrons. The molecule has 0 unspecified atom stereocenters. The first-order chi connectivity index (χ1) is 8.24. The van der Waals surface area contributed by atoms with Gasteiger partial charge in [-0.3, -0.25) is 4.55 Å². The average Bonchev–Trinajstić information content (AvgIpc) is 2.26. The third-order valence-corrected chi connectivity index (χ3v) is 3.71. The predicted molar refractivity (Wildman–Crippen MR) is 70.2 cm³/mol. The van der Waals surface area contributed by atoms with Crippen LogP contribution < -0.4 is 0 Å². The minimum atomic E-state index is -4.09. The summed E-state index contributed by atoms with van der Waals surface area (Å²) in [6, 6.07) is 6.31. The van der Waals surface area contributed by atoms with Crippen LogP contribution in [-0.4, -0.2) is 26.7 Å². The molecule has 0 bridgehead atoms. The zero-order valence-electron chi connectivity index (χ0n) is 11.0. The molecule has 1 rings (SSSR count). The van der Waals surface area contributed by atoms with Gasteiger partial charge < -0.3 is 4.74 Å². The van der Waals surface area contributed by atoms with Gasteiger partial charge in [0.1, 0.15) is 0 Å². The number of hydrogen-bond acceptors (Lipinski definition) is 3. The molecule has 0 spiro atoms. The van der Waals surface area contributed by atoms with E-state index in [9.17, 15) is 8.42 Å². The summed E-state index contributed by atoms with van der Waals surface area (Å²) in [5.41, 5.74) is 1.14. The first kappa shape index (κ1) is 15.1. The van der Waals surface area contributed by atoms with Crippen molar-refractivity contribution in [3.8, 4) is 0 Å². The van der Waals surface area contributed by atoms with Gasteiger partial charge in [-0.15, -0.1) is 0 Å². The van der Waals surface area contributed by atoms with Crippen LogP contribution in [0.5, 0.6) is 0 Å². The van der Waals surface area contributed by atoms with Crippen molar-refractivity contribution in [2.45, 2.75) is 31.6 Å². The fourth-order valence-electron chi connectivity index (χ4n) is 1.77. The van der Waals surface area contributed by atoms with Crippen molar-refractivity contribution < 1.29 is 17.7 Å². The monoisotopic (exact) mass is 272 g/mol. The molecular formula is C13H20O4S. The summed E-state index contributed by atoms with van der Waals surface area (Å²) in [7, 11) is -2.41. The van der Waals surface area contributed by atoms with Crippen LogP contribution in [0.25, 0.3) is 0 Å². The smallest absolute Gasteiger partial charge is 0.294 e. The Balaban J connectivity index is 2.65. The number of rotatable bonds is 6. The van der Waals surface area contributed by atoms with Crippen LogP contribution >= 0.6 is 0 Å². The van der Waals surface area contributed by atoms with Gasteiger partial charge in [0.15, 0.2) is 0 Å². The fourth-order valence-corrected chi connectivity index (χ4v) is 2.25. The highest BCUT2D eigenvalue weighted by atomic mass is 32.2. The molecule has 0 aliphatic carbocycles. The molecule has 0 aliphatic heterocycles. The Labute approximate surface area is 109 Å². The summed E-state index contributed by atoms with van der Waals surface area (Å²) in [4.78, 5) is -0.0672. The highest BCUT2D eigenvalue weighted by Gasteiger charge is 2.17. The molecule has 1 N–H and O–H groups in total. The van der Waals surface area contributed by atoms with Gasteiger partial charge in [-0.1, -0.05) is 26.0 Å². The van der Waals surface area contributed by atoms with Gasteiger partial charge >= 0.3 is 0 Å². The van der Waals surface area contributed by atoms with Crippen molar-refractivity contribution in [1.82, 2.24) is 0 Å². The van der Waals surface area contributed by atoms with Crippen molar-refractivity contribution in [3.63, 3.8) is 0 Å². The Morgan fingerprint density at radius 3 is 2.22 bits per heavy atom. The molecule has 1 aromatic rings. The molecule has 0 fully saturated rings. The molecule has 5 heteroatoms. The summed E-state index contributed by atoms with van der Waals surface area (Å²) >= 11 is 0. The largest absolute Gasteiger partial charge is 0.384 e. The third kappa shape index (κ3) is 4.76. The molecule has 0 saturated heterocycles. The van der Waals surface area contributed by atoms with Crippen LogP contribution in [-0.2, 0) is 21.3 Å². The number of ether oxygens (including phenoxy) is 1. The summed E-state index contributed by atoms with van der Waals surface area (Å²) in [6.45, 7) is 4.95. The first-order valence-corrected chi connectivity index (χ1v) is 7.24. The Bertz CT molecular complexity index is 474. The fraction of sp³-hybridized carbons (Fsp3) is 0.538. The lowest BCUT2D eigenvalue weighted by Crippen LogP contribution is -2.19. The van der Waals surface area contributed by atoms with Crippen molar-refractivity contribution in [1.29, 1.82) is 0 Å². The molecule has 0 amide bonds. The van der Waals surface area contributed by atoms with Crippen LogP contribution in [0.15, 0.2) is 29.2 Å². The molecule has 0 saturated carbocycles. The van der Waals surface area contributed by atoms with Gasteiger partial charge in [-0.05, 0) is 36.0 Å². The molecule has 0 heterocycles. The quantitative estimate of drug-likeness (QED) is 0.808. The third-order valence-electron chi connectivity index (χ3n) is 2.85. The Morgan fingerprint density at radius 2 is 1.78 bits per heavy atom. The van der Waals surface area contributed by atoms with Crippen LogP contribution in [0.2, 0.25) is 0 Å². The highest BCUT2D eigenvalue weighted by molar-refractivity contribution is 7.85. The van der Waals surface area contributed by atoms with E-state index in [-0.39, 0.29) is 10.3 Å². The van der Waals surface area contributed by atoms with E-state index in [1.54, 1.807) is 19.2 Å². The predicted octanol–water partition coefficient (Wildman–Crippen LogP) is 2.54. The van der Waals surface area contributed by atoms with Gasteiger partial charge in [-0.2, -0.15) is 8.42 Å². The number of hydrogen-bond donors (Lipinski definition) is 1. The van der Waals surface area contributed by atoms with Crippen molar-refractivity contribution in [2.75, 3.05) is 13.7 Å². The van der Waals surface area contributed by atoms with Gasteiger partial charge in [0, 0.05) is 7.11 Å². The van der Waals surface area contributed by atoms with Crippen molar-refractivity contribution >= 4 is 10.1 Å². The van der Waals surface area contributed by atoms with E-state index in [0.29, 0.717) is 6.61 Å². The standard InChI is InChI=1S/C13H20O4S/c1-13(2,10-17-3)9-8-11-4-6-12(7-5-11)18(14,15)16/h4-7H,8-10H2,1-3H3,(H,14,15,16). The summed E-state index contributed by atoms with van der Waals surface area (Å²) in [5.74, 6) is 0. The molecule has 0 aromatic heterocycles. The van der Waals surface area contributed by atoms with Crippen LogP contribution in [0.3, 0.4) is 0 Å². The minimum absolute atomic E-state index is 0.0672. The van der Waals surface area contributed by atoms with E-state index in [1.165, 1.54) is 12.1 Å². The van der Waals surface area contributed by atoms with E-state index in [4.69, 9.17) is 9.29 Å². The molecule has 0 radical (unpaired) electrons. The van der Waals surface area contributed by atoms with Crippen molar-refractivity contribution in [3.05, 3.63) is 29.8 Å². The maximum Gasteiger partial charge on any atom is 0.294 e. The van der Waals surface area contributed by atoms with Gasteiger partial charge in [0.2, 0.25) is 0 Å². The zero-order valence-corrected chi connectivity index (χ0v) is 11.8. The zero-order chi connectivity index (χ0) is 13.8. The van der Waals surface area contributed by atoms with Gasteiger partial charge in [0.05, 0.1) is 11.5 Å². The minimum Gasteiger partial charge on any atom is -0.384 e. The number of methoxy groups -OCH3 is 1. The molecule has 4 nitrogen and oxygen atoms in total. The average molecular weight is 272 g/mol. The van der Waals surface area contributed by atoms with E-state index in [2.05, 4.69) is 13.8 Å². The Kier molecular flexibility index (Phi) is 4.90. The lowest BCUT2D eigenvalue weighted by atomic mass is 9.87. The summed E-state index contributed by atoms with van der Waals surface area (Å²) in [6.07, 6.45) is 1.80. The lowest BCUT2D eigenvalue weighted by Gasteiger charge is -2.23. The molecule has 0 aliphatic rings. The second kappa shape index (κ2) is 5.82. The van der Waals surface area contributed by atoms with Crippen LogP contribution in [0.1, 0.15) is 25.8 Å². The normalized spacial score (nSPS) is 12.7. The molecular weight excluding hydrogens is 252 g/mol. The topological polar surface area (TPSA) is 63.6 Å². The highest BCUT2D eigenvalue weighted by Crippen LogP contribution is 2.23. The SMILES string of the molecule is COCC(C)(C)CCc1ccc(S(=O)(=O)O)cc1. The van der Waals surface area contributed by atoms with E-state index in [0.717, 1.165) is 18.4 Å². The lowest BCUT2D eigenvalue weighted by molar-refractivity contribution is 0.0985. The van der Waals surface area contributed by atoms with Gasteiger partial charge in [-0.25, -0.2) is 0 Å². The van der Waals surface area contributed by atoms with E-state index in [1.807, 2.05) is 0 Å². The molecule has 1 aromatic carbocycles. The van der Waals surface area contributed by atoms with Crippen LogP contribution in [0.4, 0.5) is 0 Å². The van der Waals surface area contributed by atoms with Crippen molar-refractivity contribution in [2.24, 2.45) is 5.41 Å². The number of benzene rings is 1. The van der Waals surface area contributed by atoms with E-state index >= 15 is 0 Å². The summed E-state index contributed by atoms with van der Waals surface area (Å²) in [5, 5.41) is 0.